The number of carbonyl (C=O) groups excluding carboxylic acids is 1. The Morgan fingerprint density at radius 2 is 2.54 bits per heavy atom. The number of ether oxygens (including phenoxy) is 2. The van der Waals surface area contributed by atoms with Crippen LogP contribution in [0.3, 0.4) is 0 Å². The predicted molar refractivity (Wildman–Crippen MR) is 50.7 cm³/mol. The van der Waals surface area contributed by atoms with Gasteiger partial charge in [0.15, 0.2) is 6.10 Å². The normalized spacial score (nSPS) is 11.8. The van der Waals surface area contributed by atoms with Crippen LogP contribution in [0.1, 0.15) is 11.0 Å². The minimum Gasteiger partial charge on any atom is -0.438 e. The molecule has 0 unspecified atom stereocenters. The van der Waals surface area contributed by atoms with Gasteiger partial charge in [-0.3, -0.25) is 0 Å². The van der Waals surface area contributed by atoms with Crippen LogP contribution in [0.4, 0.5) is 4.79 Å². The van der Waals surface area contributed by atoms with Gasteiger partial charge in [0.05, 0.1) is 7.11 Å². The summed E-state index contributed by atoms with van der Waals surface area (Å²) in [6.07, 6.45) is 0.452. The van der Waals surface area contributed by atoms with E-state index < -0.39 is 12.3 Å². The van der Waals surface area contributed by atoms with Gasteiger partial charge in [-0.05, 0) is 17.5 Å². The van der Waals surface area contributed by atoms with Gasteiger partial charge in [-0.1, -0.05) is 12.6 Å². The summed E-state index contributed by atoms with van der Waals surface area (Å²) in [5, 5.41) is 1.91. The zero-order valence-electron chi connectivity index (χ0n) is 7.23. The fourth-order valence-corrected chi connectivity index (χ4v) is 1.58. The quantitative estimate of drug-likeness (QED) is 0.553. The molecule has 0 saturated carbocycles. The lowest BCUT2D eigenvalue weighted by atomic mass is 10.3. The minimum absolute atomic E-state index is 0.410. The van der Waals surface area contributed by atoms with E-state index >= 15 is 0 Å². The molecule has 0 fully saturated rings. The van der Waals surface area contributed by atoms with E-state index in [0.29, 0.717) is 0 Å². The molecule has 0 radical (unpaired) electrons. The summed E-state index contributed by atoms with van der Waals surface area (Å²) in [4.78, 5) is 11.7. The largest absolute Gasteiger partial charge is 0.508 e. The fraction of sp³-hybridized carbons (Fsp3) is 0.222. The highest BCUT2D eigenvalue weighted by atomic mass is 32.1. The highest BCUT2D eigenvalue weighted by molar-refractivity contribution is 7.10. The second-order valence-corrected chi connectivity index (χ2v) is 3.22. The second-order valence-electron chi connectivity index (χ2n) is 2.24. The van der Waals surface area contributed by atoms with Crippen LogP contribution in [0.2, 0.25) is 0 Å². The third kappa shape index (κ3) is 2.59. The Morgan fingerprint density at radius 1 is 1.77 bits per heavy atom. The van der Waals surface area contributed by atoms with E-state index in [1.807, 2.05) is 17.5 Å². The van der Waals surface area contributed by atoms with E-state index in [-0.39, 0.29) is 0 Å². The van der Waals surface area contributed by atoms with Crippen LogP contribution in [0.5, 0.6) is 0 Å². The van der Waals surface area contributed by atoms with Crippen molar-refractivity contribution < 1.29 is 14.3 Å². The first-order valence-corrected chi connectivity index (χ1v) is 4.56. The van der Waals surface area contributed by atoms with Crippen molar-refractivity contribution in [3.63, 3.8) is 0 Å². The SMILES string of the molecule is C=C[C@@H](OC(=O)OC)c1cccs1. The molecular formula is C9H10O3S. The van der Waals surface area contributed by atoms with E-state index in [1.165, 1.54) is 18.4 Å². The summed E-state index contributed by atoms with van der Waals surface area (Å²) >= 11 is 1.50. The molecular weight excluding hydrogens is 188 g/mol. The maximum Gasteiger partial charge on any atom is 0.508 e. The molecule has 0 spiro atoms. The van der Waals surface area contributed by atoms with Gasteiger partial charge >= 0.3 is 6.16 Å². The molecule has 70 valence electrons. The predicted octanol–water partition coefficient (Wildman–Crippen LogP) is 2.76. The first-order valence-electron chi connectivity index (χ1n) is 3.68. The highest BCUT2D eigenvalue weighted by Gasteiger charge is 2.13. The molecule has 1 heterocycles. The Labute approximate surface area is 80.6 Å². The summed E-state index contributed by atoms with van der Waals surface area (Å²) < 4.78 is 9.30. The van der Waals surface area contributed by atoms with Crippen molar-refractivity contribution in [2.75, 3.05) is 7.11 Å². The summed E-state index contributed by atoms with van der Waals surface area (Å²) in [7, 11) is 1.27. The number of rotatable bonds is 3. The summed E-state index contributed by atoms with van der Waals surface area (Å²) in [6, 6.07) is 3.76. The maximum absolute atomic E-state index is 10.8. The summed E-state index contributed by atoms with van der Waals surface area (Å²) in [5.41, 5.74) is 0. The lowest BCUT2D eigenvalue weighted by Gasteiger charge is -2.10. The number of carbonyl (C=O) groups is 1. The molecule has 0 bridgehead atoms. The molecule has 4 heteroatoms. The monoisotopic (exact) mass is 198 g/mol. The molecule has 0 amide bonds. The Hall–Kier alpha value is -1.29. The van der Waals surface area contributed by atoms with Gasteiger partial charge in [0.2, 0.25) is 0 Å². The van der Waals surface area contributed by atoms with Crippen molar-refractivity contribution >= 4 is 17.5 Å². The average molecular weight is 198 g/mol. The number of methoxy groups -OCH3 is 1. The first kappa shape index (κ1) is 9.80. The lowest BCUT2D eigenvalue weighted by molar-refractivity contribution is 0.0533. The highest BCUT2D eigenvalue weighted by Crippen LogP contribution is 2.23. The van der Waals surface area contributed by atoms with Crippen LogP contribution in [-0.4, -0.2) is 13.3 Å². The zero-order chi connectivity index (χ0) is 9.68. The minimum atomic E-state index is -0.696. The van der Waals surface area contributed by atoms with Crippen LogP contribution in [0.15, 0.2) is 30.2 Å². The molecule has 1 aromatic heterocycles. The van der Waals surface area contributed by atoms with E-state index in [0.717, 1.165) is 4.88 Å². The number of hydrogen-bond donors (Lipinski definition) is 0. The number of thiophene rings is 1. The third-order valence-corrected chi connectivity index (χ3v) is 2.36. The van der Waals surface area contributed by atoms with Crippen molar-refractivity contribution in [1.29, 1.82) is 0 Å². The molecule has 0 aliphatic heterocycles. The van der Waals surface area contributed by atoms with Gasteiger partial charge in [-0.15, -0.1) is 11.3 Å². The Kier molecular flexibility index (Phi) is 3.52. The molecule has 0 saturated heterocycles. The Morgan fingerprint density at radius 3 is 3.00 bits per heavy atom. The van der Waals surface area contributed by atoms with Crippen LogP contribution >= 0.6 is 11.3 Å². The first-order chi connectivity index (χ1) is 6.27. The zero-order valence-corrected chi connectivity index (χ0v) is 8.04. The second kappa shape index (κ2) is 4.67. The van der Waals surface area contributed by atoms with Gasteiger partial charge in [0, 0.05) is 4.88 Å². The van der Waals surface area contributed by atoms with Crippen LogP contribution in [0, 0.1) is 0 Å². The van der Waals surface area contributed by atoms with Crippen LogP contribution < -0.4 is 0 Å². The molecule has 0 aliphatic carbocycles. The molecule has 1 atom stereocenters. The van der Waals surface area contributed by atoms with E-state index in [1.54, 1.807) is 6.08 Å². The smallest absolute Gasteiger partial charge is 0.438 e. The van der Waals surface area contributed by atoms with Gasteiger partial charge < -0.3 is 9.47 Å². The maximum atomic E-state index is 10.8. The van der Waals surface area contributed by atoms with E-state index in [4.69, 9.17) is 4.74 Å². The summed E-state index contributed by atoms with van der Waals surface area (Å²) in [5.74, 6) is 0. The van der Waals surface area contributed by atoms with E-state index in [2.05, 4.69) is 11.3 Å². The van der Waals surface area contributed by atoms with Crippen molar-refractivity contribution in [2.24, 2.45) is 0 Å². The van der Waals surface area contributed by atoms with Gasteiger partial charge in [0.1, 0.15) is 0 Å². The standard InChI is InChI=1S/C9H10O3S/c1-3-7(12-9(10)11-2)8-5-4-6-13-8/h3-7H,1H2,2H3/t7-/m1/s1. The molecule has 1 rings (SSSR count). The average Bonchev–Trinajstić information content (AvgIpc) is 2.66. The van der Waals surface area contributed by atoms with E-state index in [9.17, 15) is 4.79 Å². The molecule has 0 aromatic carbocycles. The molecule has 1 aromatic rings. The number of hydrogen-bond acceptors (Lipinski definition) is 4. The third-order valence-electron chi connectivity index (χ3n) is 1.43. The van der Waals surface area contributed by atoms with Crippen molar-refractivity contribution in [2.45, 2.75) is 6.10 Å². The van der Waals surface area contributed by atoms with Crippen LogP contribution in [0.25, 0.3) is 0 Å². The topological polar surface area (TPSA) is 35.5 Å². The van der Waals surface area contributed by atoms with Crippen molar-refractivity contribution in [3.05, 3.63) is 35.0 Å². The van der Waals surface area contributed by atoms with Crippen molar-refractivity contribution in [3.8, 4) is 0 Å². The van der Waals surface area contributed by atoms with Gasteiger partial charge in [-0.2, -0.15) is 0 Å². The Balaban J connectivity index is 2.64. The Bertz CT molecular complexity index is 279. The molecule has 0 aliphatic rings. The lowest BCUT2D eigenvalue weighted by Crippen LogP contribution is -2.08. The van der Waals surface area contributed by atoms with Crippen LogP contribution in [-0.2, 0) is 9.47 Å². The fourth-order valence-electron chi connectivity index (χ4n) is 0.827. The molecule has 3 nitrogen and oxygen atoms in total. The van der Waals surface area contributed by atoms with Crippen molar-refractivity contribution in [1.82, 2.24) is 0 Å². The molecule has 0 N–H and O–H groups in total. The van der Waals surface area contributed by atoms with Gasteiger partial charge in [-0.25, -0.2) is 4.79 Å². The summed E-state index contributed by atoms with van der Waals surface area (Å²) in [6.45, 7) is 3.58. The van der Waals surface area contributed by atoms with Gasteiger partial charge in [0.25, 0.3) is 0 Å². The molecule has 13 heavy (non-hydrogen) atoms.